The standard InChI is InChI=1S/C59H112O6/c1-4-7-10-13-16-19-22-25-27-29-30-31-33-34-37-40-43-46-49-52-58(61)64-55-56(54-63-57(60)51-48-45-42-39-36-24-21-18-15-12-9-6-3)65-59(62)53-50-47-44-41-38-35-32-28-26-23-20-17-14-11-8-5-2/h28,32,56H,4-27,29-31,33-55H2,1-3H3/b32-28-/t56-/m1/s1. The molecule has 0 unspecified atom stereocenters. The van der Waals surface area contributed by atoms with Crippen molar-refractivity contribution in [3.63, 3.8) is 0 Å². The minimum Gasteiger partial charge on any atom is -0.462 e. The van der Waals surface area contributed by atoms with E-state index in [1.165, 1.54) is 225 Å². The highest BCUT2D eigenvalue weighted by Gasteiger charge is 2.19. The lowest BCUT2D eigenvalue weighted by atomic mass is 10.0. The van der Waals surface area contributed by atoms with Gasteiger partial charge in [0.15, 0.2) is 6.10 Å². The van der Waals surface area contributed by atoms with Crippen LogP contribution in [0.1, 0.15) is 329 Å². The van der Waals surface area contributed by atoms with Crippen molar-refractivity contribution < 1.29 is 28.6 Å². The van der Waals surface area contributed by atoms with Crippen LogP contribution in [-0.2, 0) is 28.6 Å². The molecule has 0 aliphatic heterocycles. The Balaban J connectivity index is 4.28. The maximum absolute atomic E-state index is 12.8. The number of allylic oxidation sites excluding steroid dienone is 2. The van der Waals surface area contributed by atoms with Gasteiger partial charge in [-0.1, -0.05) is 277 Å². The molecule has 0 aromatic rings. The van der Waals surface area contributed by atoms with E-state index in [4.69, 9.17) is 14.2 Å². The predicted octanol–water partition coefficient (Wildman–Crippen LogP) is 19.3. The monoisotopic (exact) mass is 917 g/mol. The van der Waals surface area contributed by atoms with Crippen molar-refractivity contribution in [3.8, 4) is 0 Å². The maximum Gasteiger partial charge on any atom is 0.306 e. The quantitative estimate of drug-likeness (QED) is 0.0262. The zero-order chi connectivity index (χ0) is 47.2. The molecule has 0 fully saturated rings. The van der Waals surface area contributed by atoms with Gasteiger partial charge >= 0.3 is 17.9 Å². The molecule has 6 heteroatoms. The Morgan fingerprint density at radius 2 is 0.508 bits per heavy atom. The fourth-order valence-electron chi connectivity index (χ4n) is 8.85. The molecule has 0 bridgehead atoms. The number of esters is 3. The van der Waals surface area contributed by atoms with Gasteiger partial charge in [0.25, 0.3) is 0 Å². The van der Waals surface area contributed by atoms with E-state index in [9.17, 15) is 14.4 Å². The van der Waals surface area contributed by atoms with Gasteiger partial charge in [0, 0.05) is 19.3 Å². The molecule has 0 heterocycles. The Hall–Kier alpha value is -1.85. The molecule has 0 spiro atoms. The number of hydrogen-bond acceptors (Lipinski definition) is 6. The Morgan fingerprint density at radius 3 is 0.769 bits per heavy atom. The predicted molar refractivity (Wildman–Crippen MR) is 280 cm³/mol. The highest BCUT2D eigenvalue weighted by molar-refractivity contribution is 5.71. The Bertz CT molecular complexity index is 1010. The van der Waals surface area contributed by atoms with Crippen molar-refractivity contribution >= 4 is 17.9 Å². The summed E-state index contributed by atoms with van der Waals surface area (Å²) in [6.45, 7) is 6.68. The second kappa shape index (κ2) is 54.8. The minimum atomic E-state index is -0.768. The molecular formula is C59H112O6. The average Bonchev–Trinajstić information content (AvgIpc) is 3.30. The summed E-state index contributed by atoms with van der Waals surface area (Å²) in [5.41, 5.74) is 0. The summed E-state index contributed by atoms with van der Waals surface area (Å²) < 4.78 is 16.9. The molecular weight excluding hydrogens is 805 g/mol. The number of ether oxygens (including phenoxy) is 3. The Kier molecular flexibility index (Phi) is 53.2. The first kappa shape index (κ1) is 63.1. The molecule has 1 atom stereocenters. The zero-order valence-corrected chi connectivity index (χ0v) is 44.0. The molecule has 0 saturated heterocycles. The number of carbonyl (C=O) groups is 3. The summed E-state index contributed by atoms with van der Waals surface area (Å²) in [5, 5.41) is 0. The van der Waals surface area contributed by atoms with E-state index in [2.05, 4.69) is 32.9 Å². The third kappa shape index (κ3) is 53.0. The van der Waals surface area contributed by atoms with Gasteiger partial charge in [-0.2, -0.15) is 0 Å². The largest absolute Gasteiger partial charge is 0.462 e. The SMILES string of the molecule is CCCCCCCCC/C=C\CCCCCCCC(=O)O[C@H](COC(=O)CCCCCCCCCCCCCC)COC(=O)CCCCCCCCCCCCCCCCCCCCC. The van der Waals surface area contributed by atoms with Gasteiger partial charge in [0.2, 0.25) is 0 Å². The summed E-state index contributed by atoms with van der Waals surface area (Å²) in [4.78, 5) is 38.1. The van der Waals surface area contributed by atoms with Gasteiger partial charge in [-0.3, -0.25) is 14.4 Å². The highest BCUT2D eigenvalue weighted by atomic mass is 16.6. The van der Waals surface area contributed by atoms with E-state index in [1.54, 1.807) is 0 Å². The third-order valence-corrected chi connectivity index (χ3v) is 13.3. The van der Waals surface area contributed by atoms with Crippen LogP contribution in [0, 0.1) is 0 Å². The summed E-state index contributed by atoms with van der Waals surface area (Å²) in [6, 6.07) is 0. The first-order chi connectivity index (χ1) is 32.0. The van der Waals surface area contributed by atoms with Gasteiger partial charge in [-0.15, -0.1) is 0 Å². The Labute approximate surface area is 405 Å². The molecule has 0 amide bonds. The number of unbranched alkanes of at least 4 members (excludes halogenated alkanes) is 41. The van der Waals surface area contributed by atoms with Crippen molar-refractivity contribution in [1.82, 2.24) is 0 Å². The van der Waals surface area contributed by atoms with Crippen molar-refractivity contribution in [3.05, 3.63) is 12.2 Å². The molecule has 6 nitrogen and oxygen atoms in total. The van der Waals surface area contributed by atoms with Crippen LogP contribution in [0.4, 0.5) is 0 Å². The van der Waals surface area contributed by atoms with Crippen LogP contribution in [0.3, 0.4) is 0 Å². The second-order valence-electron chi connectivity index (χ2n) is 19.9. The molecule has 0 aliphatic rings. The first-order valence-corrected chi connectivity index (χ1v) is 29.2. The summed E-state index contributed by atoms with van der Waals surface area (Å²) >= 11 is 0. The van der Waals surface area contributed by atoms with Crippen molar-refractivity contribution in [2.45, 2.75) is 335 Å². The smallest absolute Gasteiger partial charge is 0.306 e. The van der Waals surface area contributed by atoms with Crippen LogP contribution < -0.4 is 0 Å². The molecule has 0 aromatic carbocycles. The maximum atomic E-state index is 12.8. The summed E-state index contributed by atoms with van der Waals surface area (Å²) in [5.74, 6) is -0.852. The number of rotatable bonds is 54. The lowest BCUT2D eigenvalue weighted by Gasteiger charge is -2.18. The fraction of sp³-hybridized carbons (Fsp3) is 0.915. The van der Waals surface area contributed by atoms with E-state index in [1.807, 2.05) is 0 Å². The molecule has 0 aromatic heterocycles. The third-order valence-electron chi connectivity index (χ3n) is 13.3. The minimum absolute atomic E-state index is 0.0674. The van der Waals surface area contributed by atoms with Crippen molar-refractivity contribution in [1.29, 1.82) is 0 Å². The van der Waals surface area contributed by atoms with E-state index in [0.29, 0.717) is 19.3 Å². The highest BCUT2D eigenvalue weighted by Crippen LogP contribution is 2.17. The topological polar surface area (TPSA) is 78.9 Å². The van der Waals surface area contributed by atoms with E-state index in [0.717, 1.165) is 64.2 Å². The van der Waals surface area contributed by atoms with Crippen LogP contribution >= 0.6 is 0 Å². The second-order valence-corrected chi connectivity index (χ2v) is 19.9. The summed E-state index contributed by atoms with van der Waals surface area (Å²) in [6.07, 6.45) is 62.0. The van der Waals surface area contributed by atoms with Gasteiger partial charge in [0.1, 0.15) is 13.2 Å². The molecule has 0 saturated carbocycles. The first-order valence-electron chi connectivity index (χ1n) is 29.2. The van der Waals surface area contributed by atoms with Crippen LogP contribution in [0.2, 0.25) is 0 Å². The molecule has 0 radical (unpaired) electrons. The zero-order valence-electron chi connectivity index (χ0n) is 44.0. The lowest BCUT2D eigenvalue weighted by molar-refractivity contribution is -0.167. The van der Waals surface area contributed by atoms with E-state index < -0.39 is 6.10 Å². The normalized spacial score (nSPS) is 12.0. The van der Waals surface area contributed by atoms with Crippen molar-refractivity contribution in [2.24, 2.45) is 0 Å². The van der Waals surface area contributed by atoms with Crippen LogP contribution in [0.5, 0.6) is 0 Å². The van der Waals surface area contributed by atoms with E-state index in [-0.39, 0.29) is 31.1 Å². The van der Waals surface area contributed by atoms with E-state index >= 15 is 0 Å². The van der Waals surface area contributed by atoms with Crippen LogP contribution in [0.25, 0.3) is 0 Å². The number of carbonyl (C=O) groups excluding carboxylic acids is 3. The van der Waals surface area contributed by atoms with Crippen LogP contribution in [-0.4, -0.2) is 37.2 Å². The number of hydrogen-bond donors (Lipinski definition) is 0. The van der Waals surface area contributed by atoms with Crippen LogP contribution in [0.15, 0.2) is 12.2 Å². The van der Waals surface area contributed by atoms with Crippen molar-refractivity contribution in [2.75, 3.05) is 13.2 Å². The van der Waals surface area contributed by atoms with Gasteiger partial charge in [-0.05, 0) is 44.9 Å². The van der Waals surface area contributed by atoms with Gasteiger partial charge < -0.3 is 14.2 Å². The Morgan fingerprint density at radius 1 is 0.292 bits per heavy atom. The molecule has 0 N–H and O–H groups in total. The molecule has 0 aliphatic carbocycles. The average molecular weight is 918 g/mol. The van der Waals surface area contributed by atoms with Gasteiger partial charge in [0.05, 0.1) is 0 Å². The molecule has 0 rings (SSSR count). The lowest BCUT2D eigenvalue weighted by Crippen LogP contribution is -2.30. The van der Waals surface area contributed by atoms with Gasteiger partial charge in [-0.25, -0.2) is 0 Å². The fourth-order valence-corrected chi connectivity index (χ4v) is 8.85. The molecule has 384 valence electrons. The molecule has 65 heavy (non-hydrogen) atoms. The summed E-state index contributed by atoms with van der Waals surface area (Å²) in [7, 11) is 0.